The first-order valence-corrected chi connectivity index (χ1v) is 6.64. The number of ether oxygens (including phenoxy) is 2. The van der Waals surface area contributed by atoms with Crippen LogP contribution in [0.5, 0.6) is 0 Å². The van der Waals surface area contributed by atoms with Crippen molar-refractivity contribution in [3.8, 4) is 0 Å². The van der Waals surface area contributed by atoms with Crippen molar-refractivity contribution in [1.29, 1.82) is 0 Å². The van der Waals surface area contributed by atoms with Gasteiger partial charge in [0.2, 0.25) is 0 Å². The van der Waals surface area contributed by atoms with E-state index >= 15 is 0 Å². The number of rotatable bonds is 5. The molecule has 0 spiro atoms. The summed E-state index contributed by atoms with van der Waals surface area (Å²) >= 11 is 6.61. The Morgan fingerprint density at radius 1 is 1.31 bits per heavy atom. The molecule has 1 heterocycles. The normalized spacial score (nSPS) is 22.9. The summed E-state index contributed by atoms with van der Waals surface area (Å²) in [4.78, 5) is 0. The molecule has 86 valence electrons. The maximum absolute atomic E-state index is 5.57. The third kappa shape index (κ3) is 4.01. The molecule has 1 aromatic carbocycles. The molecule has 0 radical (unpaired) electrons. The van der Waals surface area contributed by atoms with Crippen molar-refractivity contribution in [3.05, 3.63) is 45.4 Å². The summed E-state index contributed by atoms with van der Waals surface area (Å²) < 4.78 is 11.9. The maximum atomic E-state index is 5.57. The lowest BCUT2D eigenvalue weighted by Crippen LogP contribution is -2.03. The molecule has 0 saturated carbocycles. The summed E-state index contributed by atoms with van der Waals surface area (Å²) in [5.41, 5.74) is 1.19. The van der Waals surface area contributed by atoms with Gasteiger partial charge in [-0.1, -0.05) is 30.3 Å². The minimum Gasteiger partial charge on any atom is -0.374 e. The molecule has 16 heavy (non-hydrogen) atoms. The molecule has 0 aromatic heterocycles. The first-order valence-electron chi connectivity index (χ1n) is 5.05. The average molecular weight is 348 g/mol. The Kier molecular flexibility index (Phi) is 4.58. The van der Waals surface area contributed by atoms with Gasteiger partial charge in [0.25, 0.3) is 0 Å². The molecule has 2 nitrogen and oxygen atoms in total. The monoisotopic (exact) mass is 346 g/mol. The van der Waals surface area contributed by atoms with E-state index in [1.165, 1.54) is 5.56 Å². The second kappa shape index (κ2) is 5.96. The van der Waals surface area contributed by atoms with Gasteiger partial charge >= 0.3 is 0 Å². The molecule has 4 heteroatoms. The first kappa shape index (κ1) is 12.3. The number of hydrogen-bond acceptors (Lipinski definition) is 2. The zero-order chi connectivity index (χ0) is 11.4. The van der Waals surface area contributed by atoms with Crippen molar-refractivity contribution in [2.75, 3.05) is 6.61 Å². The Morgan fingerprint density at radius 3 is 2.75 bits per heavy atom. The Hall–Kier alpha value is -0.160. The molecule has 1 aliphatic heterocycles. The van der Waals surface area contributed by atoms with Gasteiger partial charge in [-0.2, -0.15) is 0 Å². The molecule has 1 fully saturated rings. The number of benzene rings is 1. The van der Waals surface area contributed by atoms with Crippen LogP contribution in [-0.2, 0) is 16.1 Å². The van der Waals surface area contributed by atoms with Gasteiger partial charge in [-0.3, -0.25) is 0 Å². The zero-order valence-electron chi connectivity index (χ0n) is 8.61. The number of halogens is 2. The van der Waals surface area contributed by atoms with Crippen LogP contribution < -0.4 is 0 Å². The highest BCUT2D eigenvalue weighted by Crippen LogP contribution is 2.28. The van der Waals surface area contributed by atoms with E-state index in [1.54, 1.807) is 0 Å². The fourth-order valence-electron chi connectivity index (χ4n) is 1.43. The summed E-state index contributed by atoms with van der Waals surface area (Å²) in [7, 11) is 0. The lowest BCUT2D eigenvalue weighted by Gasteiger charge is -2.01. The molecule has 1 saturated heterocycles. The van der Waals surface area contributed by atoms with Crippen LogP contribution in [0.1, 0.15) is 5.56 Å². The highest BCUT2D eigenvalue weighted by atomic mass is 79.9. The molecule has 2 atom stereocenters. The Balaban J connectivity index is 1.66. The summed E-state index contributed by atoms with van der Waals surface area (Å²) in [6.45, 7) is 1.29. The van der Waals surface area contributed by atoms with Crippen molar-refractivity contribution < 1.29 is 9.47 Å². The van der Waals surface area contributed by atoms with E-state index in [4.69, 9.17) is 9.47 Å². The van der Waals surface area contributed by atoms with Crippen LogP contribution in [0.3, 0.4) is 0 Å². The van der Waals surface area contributed by atoms with E-state index in [0.29, 0.717) is 13.2 Å². The van der Waals surface area contributed by atoms with Gasteiger partial charge in [-0.05, 0) is 43.5 Å². The predicted molar refractivity (Wildman–Crippen MR) is 70.7 cm³/mol. The number of hydrogen-bond donors (Lipinski definition) is 0. The van der Waals surface area contributed by atoms with E-state index in [0.717, 1.165) is 3.39 Å². The quantitative estimate of drug-likeness (QED) is 0.759. The molecule has 2 rings (SSSR count). The van der Waals surface area contributed by atoms with Gasteiger partial charge in [0, 0.05) is 0 Å². The van der Waals surface area contributed by atoms with Crippen molar-refractivity contribution in [3.63, 3.8) is 0 Å². The Morgan fingerprint density at radius 2 is 2.06 bits per heavy atom. The van der Waals surface area contributed by atoms with E-state index < -0.39 is 0 Å². The largest absolute Gasteiger partial charge is 0.374 e. The topological polar surface area (TPSA) is 21.8 Å². The van der Waals surface area contributed by atoms with Gasteiger partial charge in [-0.15, -0.1) is 0 Å². The van der Waals surface area contributed by atoms with Crippen LogP contribution in [-0.4, -0.2) is 18.8 Å². The van der Waals surface area contributed by atoms with E-state index in [2.05, 4.69) is 44.0 Å². The second-order valence-corrected chi connectivity index (χ2v) is 6.37. The molecule has 0 N–H and O–H groups in total. The summed E-state index contributed by atoms with van der Waals surface area (Å²) in [6, 6.07) is 10.1. The van der Waals surface area contributed by atoms with Crippen molar-refractivity contribution in [2.24, 2.45) is 0 Å². The lowest BCUT2D eigenvalue weighted by molar-refractivity contribution is 0.104. The molecule has 0 amide bonds. The minimum atomic E-state index is 0.185. The lowest BCUT2D eigenvalue weighted by atomic mass is 10.2. The van der Waals surface area contributed by atoms with Crippen LogP contribution in [0.2, 0.25) is 0 Å². The smallest absolute Gasteiger partial charge is 0.112 e. The van der Waals surface area contributed by atoms with E-state index in [1.807, 2.05) is 24.3 Å². The molecule has 0 bridgehead atoms. The molecule has 0 aliphatic carbocycles. The van der Waals surface area contributed by atoms with Crippen LogP contribution in [0.4, 0.5) is 0 Å². The van der Waals surface area contributed by atoms with Crippen molar-refractivity contribution >= 4 is 31.9 Å². The van der Waals surface area contributed by atoms with E-state index in [-0.39, 0.29) is 12.2 Å². The highest BCUT2D eigenvalue weighted by Gasteiger charge is 2.37. The highest BCUT2D eigenvalue weighted by molar-refractivity contribution is 9.28. The third-order valence-electron chi connectivity index (χ3n) is 2.31. The van der Waals surface area contributed by atoms with Crippen LogP contribution in [0.25, 0.3) is 0 Å². The average Bonchev–Trinajstić information content (AvgIpc) is 2.97. The Labute approximate surface area is 112 Å². The SMILES string of the molecule is BrC(Br)=C[C@@H]1O[C@H]1COCc1ccccc1. The molecule has 0 unspecified atom stereocenters. The maximum Gasteiger partial charge on any atom is 0.112 e. The van der Waals surface area contributed by atoms with Gasteiger partial charge in [0.15, 0.2) is 0 Å². The molecule has 1 aliphatic rings. The van der Waals surface area contributed by atoms with Gasteiger partial charge < -0.3 is 9.47 Å². The molecular weight excluding hydrogens is 336 g/mol. The standard InChI is InChI=1S/C12H12Br2O2/c13-12(14)6-10-11(16-10)8-15-7-9-4-2-1-3-5-9/h1-6,10-11H,7-8H2/t10-,11-/m0/s1. The molecular formula is C12H12Br2O2. The van der Waals surface area contributed by atoms with Gasteiger partial charge in [-0.25, -0.2) is 0 Å². The summed E-state index contributed by atoms with van der Waals surface area (Å²) in [5.74, 6) is 0. The fourth-order valence-corrected chi connectivity index (χ4v) is 1.95. The van der Waals surface area contributed by atoms with Crippen molar-refractivity contribution in [2.45, 2.75) is 18.8 Å². The first-order chi connectivity index (χ1) is 7.75. The second-order valence-electron chi connectivity index (χ2n) is 3.60. The van der Waals surface area contributed by atoms with E-state index in [9.17, 15) is 0 Å². The third-order valence-corrected chi connectivity index (χ3v) is 2.83. The van der Waals surface area contributed by atoms with Gasteiger partial charge in [0.05, 0.1) is 16.6 Å². The Bertz CT molecular complexity index is 361. The van der Waals surface area contributed by atoms with Crippen molar-refractivity contribution in [1.82, 2.24) is 0 Å². The summed E-state index contributed by atoms with van der Waals surface area (Å²) in [6.07, 6.45) is 2.37. The van der Waals surface area contributed by atoms with Crippen LogP contribution in [0.15, 0.2) is 39.8 Å². The minimum absolute atomic E-state index is 0.185. The predicted octanol–water partition coefficient (Wildman–Crippen LogP) is 3.60. The summed E-state index contributed by atoms with van der Waals surface area (Å²) in [5, 5.41) is 0. The molecule has 1 aromatic rings. The number of epoxide rings is 1. The fraction of sp³-hybridized carbons (Fsp3) is 0.333. The van der Waals surface area contributed by atoms with Crippen LogP contribution >= 0.6 is 31.9 Å². The van der Waals surface area contributed by atoms with Crippen LogP contribution in [0, 0.1) is 0 Å². The van der Waals surface area contributed by atoms with Gasteiger partial charge in [0.1, 0.15) is 12.2 Å². The zero-order valence-corrected chi connectivity index (χ0v) is 11.8.